The molecule has 0 unspecified atom stereocenters. The highest BCUT2D eigenvalue weighted by molar-refractivity contribution is 7.79. The Labute approximate surface area is 176 Å². The molecule has 10 heteroatoms. The Bertz CT molecular complexity index is 820. The summed E-state index contributed by atoms with van der Waals surface area (Å²) >= 11 is 10.8. The Hall–Kier alpha value is -2.01. The maximum absolute atomic E-state index is 13.0. The molecule has 0 saturated carbocycles. The van der Waals surface area contributed by atoms with Gasteiger partial charge in [-0.3, -0.25) is 0 Å². The monoisotopic (exact) mass is 444 g/mol. The lowest BCUT2D eigenvalue weighted by Gasteiger charge is -2.41. The average Bonchev–Trinajstić information content (AvgIpc) is 2.70. The standard InChI is InChI=1S/C19H18ClFO7S/c20-10-1-5-12(6-2-10)25-18-16(24)17(15(23)14(9-22)27-18)28-19(29)26-13-7-3-11(21)4-8-13/h1-8,14-18,22-24H,9H2/t14-,15-,16+,17+,18+/m1/s1. The molecule has 0 amide bonds. The molecule has 1 saturated heterocycles. The summed E-state index contributed by atoms with van der Waals surface area (Å²) in [6, 6.07) is 11.3. The van der Waals surface area contributed by atoms with Crippen molar-refractivity contribution in [1.29, 1.82) is 0 Å². The number of halogens is 2. The van der Waals surface area contributed by atoms with Gasteiger partial charge in [-0.15, -0.1) is 0 Å². The minimum absolute atomic E-state index is 0.208. The fourth-order valence-corrected chi connectivity index (χ4v) is 3.00. The summed E-state index contributed by atoms with van der Waals surface area (Å²) in [5, 5.41) is 30.5. The third kappa shape index (κ3) is 5.53. The summed E-state index contributed by atoms with van der Waals surface area (Å²) in [4.78, 5) is 0. The minimum Gasteiger partial charge on any atom is -0.462 e. The molecule has 156 valence electrons. The summed E-state index contributed by atoms with van der Waals surface area (Å²) < 4.78 is 34.7. The number of hydrogen-bond acceptors (Lipinski definition) is 8. The van der Waals surface area contributed by atoms with Crippen molar-refractivity contribution in [2.75, 3.05) is 6.61 Å². The molecular formula is C19H18ClFO7S. The van der Waals surface area contributed by atoms with Crippen molar-refractivity contribution in [3.05, 3.63) is 59.4 Å². The highest BCUT2D eigenvalue weighted by Crippen LogP contribution is 2.27. The first-order valence-electron chi connectivity index (χ1n) is 8.56. The van der Waals surface area contributed by atoms with E-state index in [9.17, 15) is 19.7 Å². The predicted molar refractivity (Wildman–Crippen MR) is 104 cm³/mol. The van der Waals surface area contributed by atoms with E-state index < -0.39 is 48.4 Å². The number of aliphatic hydroxyl groups is 3. The number of ether oxygens (including phenoxy) is 4. The molecule has 3 rings (SSSR count). The van der Waals surface area contributed by atoms with E-state index in [4.69, 9.17) is 42.8 Å². The van der Waals surface area contributed by atoms with Gasteiger partial charge in [0, 0.05) is 17.2 Å². The van der Waals surface area contributed by atoms with Gasteiger partial charge in [-0.1, -0.05) is 11.6 Å². The lowest BCUT2D eigenvalue weighted by Crippen LogP contribution is -2.61. The van der Waals surface area contributed by atoms with Gasteiger partial charge in [-0.25, -0.2) is 4.39 Å². The third-order valence-corrected chi connectivity index (χ3v) is 4.57. The van der Waals surface area contributed by atoms with Gasteiger partial charge >= 0.3 is 5.24 Å². The van der Waals surface area contributed by atoms with Crippen molar-refractivity contribution in [1.82, 2.24) is 0 Å². The summed E-state index contributed by atoms with van der Waals surface area (Å²) in [6.45, 7) is -0.556. The average molecular weight is 445 g/mol. The number of thiocarbonyl (C=S) groups is 1. The molecule has 0 aromatic heterocycles. The van der Waals surface area contributed by atoms with E-state index in [0.29, 0.717) is 10.8 Å². The van der Waals surface area contributed by atoms with Gasteiger partial charge in [0.15, 0.2) is 12.2 Å². The Morgan fingerprint density at radius 1 is 1.03 bits per heavy atom. The Balaban J connectivity index is 1.70. The lowest BCUT2D eigenvalue weighted by molar-refractivity contribution is -0.275. The first kappa shape index (κ1) is 21.7. The van der Waals surface area contributed by atoms with Crippen molar-refractivity contribution in [2.45, 2.75) is 30.7 Å². The van der Waals surface area contributed by atoms with Crippen LogP contribution in [0.5, 0.6) is 11.5 Å². The first-order valence-corrected chi connectivity index (χ1v) is 9.34. The molecule has 0 aliphatic carbocycles. The second kappa shape index (κ2) is 9.66. The van der Waals surface area contributed by atoms with E-state index in [1.54, 1.807) is 24.3 Å². The molecule has 3 N–H and O–H groups in total. The number of aliphatic hydroxyl groups excluding tert-OH is 3. The van der Waals surface area contributed by atoms with E-state index in [2.05, 4.69) is 0 Å². The molecule has 29 heavy (non-hydrogen) atoms. The summed E-state index contributed by atoms with van der Waals surface area (Å²) in [6.07, 6.45) is -6.58. The molecule has 0 bridgehead atoms. The Morgan fingerprint density at radius 3 is 2.28 bits per heavy atom. The SMILES string of the molecule is OC[C@H]1O[C@H](Oc2ccc(Cl)cc2)[C@@H](O)[C@@H](OC(=S)Oc2ccc(F)cc2)[C@@H]1O. The molecule has 2 aromatic rings. The molecule has 1 aliphatic heterocycles. The van der Waals surface area contributed by atoms with Gasteiger partial charge in [0.1, 0.15) is 29.5 Å². The smallest absolute Gasteiger partial charge is 0.358 e. The quantitative estimate of drug-likeness (QED) is 0.603. The summed E-state index contributed by atoms with van der Waals surface area (Å²) in [5.41, 5.74) is 0. The molecule has 1 heterocycles. The maximum atomic E-state index is 13.0. The van der Waals surface area contributed by atoms with Gasteiger partial charge < -0.3 is 34.3 Å². The van der Waals surface area contributed by atoms with Crippen LogP contribution >= 0.6 is 23.8 Å². The summed E-state index contributed by atoms with van der Waals surface area (Å²) in [7, 11) is 0. The van der Waals surface area contributed by atoms with Crippen LogP contribution in [0, 0.1) is 5.82 Å². The fourth-order valence-electron chi connectivity index (χ4n) is 2.67. The van der Waals surface area contributed by atoms with Crippen molar-refractivity contribution >= 4 is 29.1 Å². The minimum atomic E-state index is -1.47. The fraction of sp³-hybridized carbons (Fsp3) is 0.316. The molecular weight excluding hydrogens is 427 g/mol. The van der Waals surface area contributed by atoms with E-state index in [1.165, 1.54) is 24.3 Å². The van der Waals surface area contributed by atoms with Crippen molar-refractivity contribution in [2.24, 2.45) is 0 Å². The van der Waals surface area contributed by atoms with Gasteiger partial charge in [0.2, 0.25) is 6.29 Å². The van der Waals surface area contributed by atoms with Crippen molar-refractivity contribution in [3.63, 3.8) is 0 Å². The van der Waals surface area contributed by atoms with Gasteiger partial charge in [-0.05, 0) is 48.5 Å². The topological polar surface area (TPSA) is 97.6 Å². The van der Waals surface area contributed by atoms with Crippen LogP contribution in [0.1, 0.15) is 0 Å². The van der Waals surface area contributed by atoms with E-state index in [0.717, 1.165) is 0 Å². The largest absolute Gasteiger partial charge is 0.462 e. The molecule has 0 spiro atoms. The molecule has 5 atom stereocenters. The van der Waals surface area contributed by atoms with Crippen LogP contribution < -0.4 is 9.47 Å². The van der Waals surface area contributed by atoms with Crippen molar-refractivity contribution < 1.29 is 38.7 Å². The zero-order valence-electron chi connectivity index (χ0n) is 14.9. The predicted octanol–water partition coefficient (Wildman–Crippen LogP) is 2.05. The van der Waals surface area contributed by atoms with Crippen LogP contribution in [0.3, 0.4) is 0 Å². The molecule has 0 radical (unpaired) electrons. The van der Waals surface area contributed by atoms with Crippen LogP contribution in [0.4, 0.5) is 4.39 Å². The van der Waals surface area contributed by atoms with Crippen LogP contribution in [0.15, 0.2) is 48.5 Å². The molecule has 2 aromatic carbocycles. The Morgan fingerprint density at radius 2 is 1.66 bits per heavy atom. The van der Waals surface area contributed by atoms with E-state index in [1.807, 2.05) is 0 Å². The molecule has 1 aliphatic rings. The van der Waals surface area contributed by atoms with Gasteiger partial charge in [0.05, 0.1) is 6.61 Å². The number of benzene rings is 2. The number of hydrogen-bond donors (Lipinski definition) is 3. The van der Waals surface area contributed by atoms with Gasteiger partial charge in [-0.2, -0.15) is 0 Å². The lowest BCUT2D eigenvalue weighted by atomic mass is 9.99. The first-order chi connectivity index (χ1) is 13.9. The molecule has 1 fully saturated rings. The van der Waals surface area contributed by atoms with Crippen LogP contribution in [0.2, 0.25) is 5.02 Å². The Kier molecular flexibility index (Phi) is 7.23. The van der Waals surface area contributed by atoms with Crippen LogP contribution in [-0.2, 0) is 9.47 Å². The van der Waals surface area contributed by atoms with Crippen LogP contribution in [-0.4, -0.2) is 57.9 Å². The summed E-state index contributed by atoms with van der Waals surface area (Å²) in [5.74, 6) is 0.1000. The van der Waals surface area contributed by atoms with Gasteiger partial charge in [0.25, 0.3) is 0 Å². The zero-order valence-corrected chi connectivity index (χ0v) is 16.4. The zero-order chi connectivity index (χ0) is 21.0. The van der Waals surface area contributed by atoms with Crippen LogP contribution in [0.25, 0.3) is 0 Å². The maximum Gasteiger partial charge on any atom is 0.358 e. The number of rotatable bonds is 5. The normalized spacial score (nSPS) is 26.6. The molecule has 7 nitrogen and oxygen atoms in total. The van der Waals surface area contributed by atoms with E-state index >= 15 is 0 Å². The second-order valence-electron chi connectivity index (χ2n) is 6.17. The third-order valence-electron chi connectivity index (χ3n) is 4.13. The second-order valence-corrected chi connectivity index (χ2v) is 6.94. The van der Waals surface area contributed by atoms with Crippen molar-refractivity contribution in [3.8, 4) is 11.5 Å². The highest BCUT2D eigenvalue weighted by Gasteiger charge is 2.47. The highest BCUT2D eigenvalue weighted by atomic mass is 35.5. The van der Waals surface area contributed by atoms with E-state index in [-0.39, 0.29) is 5.75 Å².